The van der Waals surface area contributed by atoms with Crippen LogP contribution in [0.5, 0.6) is 0 Å². The number of carboxylic acids is 1. The molecule has 1 heterocycles. The van der Waals surface area contributed by atoms with Gasteiger partial charge in [0, 0.05) is 0 Å². The highest BCUT2D eigenvalue weighted by atomic mass is 32.9. The molecular weight excluding hydrogens is 170 g/mol. The summed E-state index contributed by atoms with van der Waals surface area (Å²) in [7, 11) is -2.30. The van der Waals surface area contributed by atoms with E-state index in [1.165, 1.54) is 6.08 Å². The van der Waals surface area contributed by atoms with Crippen molar-refractivity contribution in [3.05, 3.63) is 22.5 Å². The van der Waals surface area contributed by atoms with E-state index in [1.54, 1.807) is 11.5 Å². The van der Waals surface area contributed by atoms with E-state index in [0.29, 0.717) is 0 Å². The Bertz CT molecular complexity index is 279. The van der Waals surface area contributed by atoms with Crippen molar-refractivity contribution in [2.45, 2.75) is 0 Å². The van der Waals surface area contributed by atoms with Crippen molar-refractivity contribution in [1.82, 2.24) is 0 Å². The Hall–Kier alpha value is -0.520. The van der Waals surface area contributed by atoms with Gasteiger partial charge in [-0.3, -0.25) is 5.14 Å². The molecule has 0 saturated heterocycles. The molecule has 0 spiro atoms. The number of thiol groups is 1. The fraction of sp³-hybridized carbons (Fsp3) is 0. The molecule has 3 nitrogen and oxygen atoms in total. The number of carbonyl (C=O) groups is 1. The van der Waals surface area contributed by atoms with Crippen LogP contribution >= 0.6 is 0 Å². The van der Waals surface area contributed by atoms with Gasteiger partial charge in [-0.2, -0.15) is 0 Å². The molecule has 0 saturated carbocycles. The number of hydrogen-bond acceptors (Lipinski definition) is 2. The second-order valence-electron chi connectivity index (χ2n) is 1.91. The lowest BCUT2D eigenvalue weighted by Gasteiger charge is -2.12. The first-order chi connectivity index (χ1) is 4.54. The highest BCUT2D eigenvalue weighted by Crippen LogP contribution is 2.18. The molecule has 0 aliphatic carbocycles. The highest BCUT2D eigenvalue weighted by molar-refractivity contribution is 8.43. The number of carboxylic acid groups (broad SMARTS) is 1. The smallest absolute Gasteiger partial charge is 0.342 e. The Morgan fingerprint density at radius 2 is 2.40 bits per heavy atom. The van der Waals surface area contributed by atoms with Gasteiger partial charge in [0.25, 0.3) is 0 Å². The van der Waals surface area contributed by atoms with Gasteiger partial charge < -0.3 is 5.11 Å². The Balaban J connectivity index is 3.05. The van der Waals surface area contributed by atoms with Crippen LogP contribution in [0.4, 0.5) is 0 Å². The van der Waals surface area contributed by atoms with Crippen molar-refractivity contribution in [2.24, 2.45) is 5.14 Å². The summed E-state index contributed by atoms with van der Waals surface area (Å²) in [6.45, 7) is 0. The third kappa shape index (κ3) is 1.16. The van der Waals surface area contributed by atoms with E-state index in [4.69, 9.17) is 21.4 Å². The maximum Gasteiger partial charge on any atom is 0.342 e. The van der Waals surface area contributed by atoms with Crippen molar-refractivity contribution >= 4 is 25.9 Å². The standard InChI is InChI=1S/C5H7NO2S2/c6-10(9)3-1-2-4(10)5(7)8/h1-3,10H,(H2,6,9)(H,7,8). The van der Waals surface area contributed by atoms with Gasteiger partial charge in [0.2, 0.25) is 0 Å². The van der Waals surface area contributed by atoms with Crippen LogP contribution in [0.1, 0.15) is 0 Å². The summed E-state index contributed by atoms with van der Waals surface area (Å²) < 4.78 is 0. The minimum atomic E-state index is -2.30. The van der Waals surface area contributed by atoms with E-state index < -0.39 is 14.7 Å². The molecule has 10 heavy (non-hydrogen) atoms. The van der Waals surface area contributed by atoms with Crippen molar-refractivity contribution in [1.29, 1.82) is 0 Å². The molecule has 0 aromatic rings. The van der Waals surface area contributed by atoms with Gasteiger partial charge in [0.15, 0.2) is 0 Å². The molecule has 5 heteroatoms. The second-order valence-corrected chi connectivity index (χ2v) is 5.92. The maximum atomic E-state index is 10.4. The molecule has 0 amide bonds. The van der Waals surface area contributed by atoms with E-state index >= 15 is 0 Å². The lowest BCUT2D eigenvalue weighted by atomic mass is 10.5. The zero-order chi connectivity index (χ0) is 7.78. The van der Waals surface area contributed by atoms with Crippen LogP contribution in [0.15, 0.2) is 22.5 Å². The van der Waals surface area contributed by atoms with Gasteiger partial charge in [0.05, 0.1) is 4.91 Å². The molecule has 0 fully saturated rings. The van der Waals surface area contributed by atoms with Gasteiger partial charge in [-0.05, 0) is 11.5 Å². The molecule has 0 aromatic heterocycles. The fourth-order valence-corrected chi connectivity index (χ4v) is 2.43. The van der Waals surface area contributed by atoms with Crippen LogP contribution in [-0.4, -0.2) is 11.1 Å². The Labute approximate surface area is 63.9 Å². The van der Waals surface area contributed by atoms with Crippen molar-refractivity contribution in [3.63, 3.8) is 0 Å². The number of hydrogen-bond donors (Lipinski definition) is 3. The number of nitrogens with two attached hydrogens (primary N) is 1. The quantitative estimate of drug-likeness (QED) is 0.481. The summed E-state index contributed by atoms with van der Waals surface area (Å²) >= 11 is 4.86. The minimum Gasteiger partial charge on any atom is -0.477 e. The van der Waals surface area contributed by atoms with Crippen LogP contribution in [0.25, 0.3) is 0 Å². The number of rotatable bonds is 1. The monoisotopic (exact) mass is 177 g/mol. The fourth-order valence-electron chi connectivity index (χ4n) is 0.680. The SMILES string of the molecule is N[SH]1(=S)C=CC=C1C(=O)O. The zero-order valence-electron chi connectivity index (χ0n) is 5.02. The normalized spacial score (nSPS) is 23.9. The predicted molar refractivity (Wildman–Crippen MR) is 45.2 cm³/mol. The summed E-state index contributed by atoms with van der Waals surface area (Å²) in [5.41, 5.74) is 0. The van der Waals surface area contributed by atoms with Crippen molar-refractivity contribution in [3.8, 4) is 0 Å². The minimum absolute atomic E-state index is 0.169. The van der Waals surface area contributed by atoms with Gasteiger partial charge >= 0.3 is 5.97 Å². The first-order valence-corrected chi connectivity index (χ1v) is 5.50. The third-order valence-electron chi connectivity index (χ3n) is 1.16. The lowest BCUT2D eigenvalue weighted by molar-refractivity contribution is -0.131. The summed E-state index contributed by atoms with van der Waals surface area (Å²) in [4.78, 5) is 10.6. The average molecular weight is 177 g/mol. The average Bonchev–Trinajstić information content (AvgIpc) is 2.08. The van der Waals surface area contributed by atoms with Crippen LogP contribution in [0.3, 0.4) is 0 Å². The van der Waals surface area contributed by atoms with E-state index in [2.05, 4.69) is 0 Å². The van der Waals surface area contributed by atoms with Gasteiger partial charge in [0.1, 0.15) is 0 Å². The summed E-state index contributed by atoms with van der Waals surface area (Å²) in [5, 5.41) is 15.6. The Morgan fingerprint density at radius 3 is 2.60 bits per heavy atom. The maximum absolute atomic E-state index is 10.4. The van der Waals surface area contributed by atoms with Gasteiger partial charge in [-0.25, -0.2) is 4.79 Å². The Morgan fingerprint density at radius 1 is 1.80 bits per heavy atom. The summed E-state index contributed by atoms with van der Waals surface area (Å²) in [6, 6.07) is 0. The Kier molecular flexibility index (Phi) is 1.72. The number of aliphatic carboxylic acids is 1. The molecule has 1 rings (SSSR count). The van der Waals surface area contributed by atoms with Crippen molar-refractivity contribution in [2.75, 3.05) is 0 Å². The first kappa shape index (κ1) is 7.59. The zero-order valence-corrected chi connectivity index (χ0v) is 6.73. The van der Waals surface area contributed by atoms with Crippen LogP contribution in [-0.2, 0) is 24.8 Å². The topological polar surface area (TPSA) is 63.3 Å². The van der Waals surface area contributed by atoms with E-state index in [9.17, 15) is 4.79 Å². The van der Waals surface area contributed by atoms with Crippen molar-refractivity contribution < 1.29 is 9.90 Å². The largest absolute Gasteiger partial charge is 0.477 e. The van der Waals surface area contributed by atoms with Crippen LogP contribution in [0.2, 0.25) is 0 Å². The molecule has 0 radical (unpaired) electrons. The summed E-state index contributed by atoms with van der Waals surface area (Å²) in [6.07, 6.45) is 3.06. The molecule has 0 bridgehead atoms. The third-order valence-corrected chi connectivity index (χ3v) is 3.82. The van der Waals surface area contributed by atoms with Crippen LogP contribution < -0.4 is 5.14 Å². The van der Waals surface area contributed by atoms with E-state index in [-0.39, 0.29) is 4.91 Å². The van der Waals surface area contributed by atoms with Crippen LogP contribution in [0, 0.1) is 0 Å². The van der Waals surface area contributed by atoms with Gasteiger partial charge in [-0.15, -0.1) is 8.77 Å². The molecule has 1 aliphatic rings. The highest BCUT2D eigenvalue weighted by Gasteiger charge is 2.18. The molecule has 3 N–H and O–H groups in total. The molecular formula is C5H7NO2S2. The molecule has 56 valence electrons. The molecule has 0 aromatic carbocycles. The molecule has 0 atom stereocenters. The molecule has 1 aliphatic heterocycles. The molecule has 0 unspecified atom stereocenters. The lowest BCUT2D eigenvalue weighted by Crippen LogP contribution is -2.23. The van der Waals surface area contributed by atoms with E-state index in [0.717, 1.165) is 0 Å². The predicted octanol–water partition coefficient (Wildman–Crippen LogP) is -0.296. The second kappa shape index (κ2) is 2.26. The number of allylic oxidation sites excluding steroid dienone is 2. The first-order valence-electron chi connectivity index (χ1n) is 2.56. The van der Waals surface area contributed by atoms with E-state index in [1.807, 2.05) is 0 Å². The van der Waals surface area contributed by atoms with Gasteiger partial charge in [-0.1, -0.05) is 17.3 Å². The summed E-state index contributed by atoms with van der Waals surface area (Å²) in [5.74, 6) is -1.00.